The van der Waals surface area contributed by atoms with Crippen molar-refractivity contribution in [3.8, 4) is 0 Å². The molecule has 1 aliphatic heterocycles. The van der Waals surface area contributed by atoms with Gasteiger partial charge < -0.3 is 15.1 Å². The first-order valence-corrected chi connectivity index (χ1v) is 6.44. The van der Waals surface area contributed by atoms with Crippen molar-refractivity contribution in [3.63, 3.8) is 0 Å². The lowest BCUT2D eigenvalue weighted by atomic mass is 9.82. The van der Waals surface area contributed by atoms with Gasteiger partial charge in [0.1, 0.15) is 0 Å². The summed E-state index contributed by atoms with van der Waals surface area (Å²) in [6.45, 7) is 0.600. The number of allylic oxidation sites excluding steroid dienone is 2. The number of likely N-dealkylation sites (tertiary alicyclic amines) is 1. The second-order valence-corrected chi connectivity index (χ2v) is 5.00. The van der Waals surface area contributed by atoms with Crippen LogP contribution in [0.5, 0.6) is 0 Å². The lowest BCUT2D eigenvalue weighted by Gasteiger charge is -2.31. The number of hydrogen-bond donors (Lipinski definition) is 2. The number of carbonyl (C=O) groups excluding carboxylic acids is 1. The highest BCUT2D eigenvalue weighted by Crippen LogP contribution is 2.30. The Kier molecular flexibility index (Phi) is 4.01. The van der Waals surface area contributed by atoms with Crippen LogP contribution in [0.4, 0.5) is 0 Å². The van der Waals surface area contributed by atoms with Crippen molar-refractivity contribution in [3.05, 3.63) is 12.2 Å². The van der Waals surface area contributed by atoms with Crippen LogP contribution < -0.4 is 0 Å². The number of hydrogen-bond acceptors (Lipinski definition) is 3. The summed E-state index contributed by atoms with van der Waals surface area (Å²) in [7, 11) is 0. The van der Waals surface area contributed by atoms with E-state index in [0.717, 1.165) is 12.8 Å². The van der Waals surface area contributed by atoms with Gasteiger partial charge in [-0.2, -0.15) is 0 Å². The molecule has 0 spiro atoms. The molecule has 18 heavy (non-hydrogen) atoms. The minimum absolute atomic E-state index is 0.0357. The number of carboxylic acids is 1. The van der Waals surface area contributed by atoms with E-state index in [1.165, 1.54) is 0 Å². The maximum Gasteiger partial charge on any atom is 0.307 e. The predicted octanol–water partition coefficient (Wildman–Crippen LogP) is 0.637. The summed E-state index contributed by atoms with van der Waals surface area (Å²) >= 11 is 0. The fraction of sp³-hybridized carbons (Fsp3) is 0.692. The topological polar surface area (TPSA) is 77.8 Å². The summed E-state index contributed by atoms with van der Waals surface area (Å²) in [5.74, 6) is -2.11. The van der Waals surface area contributed by atoms with E-state index in [1.54, 1.807) is 4.90 Å². The van der Waals surface area contributed by atoms with Crippen molar-refractivity contribution >= 4 is 11.9 Å². The second kappa shape index (κ2) is 5.52. The molecule has 2 N–H and O–H groups in total. The van der Waals surface area contributed by atoms with Gasteiger partial charge in [0.05, 0.1) is 24.5 Å². The largest absolute Gasteiger partial charge is 0.481 e. The molecule has 0 unspecified atom stereocenters. The van der Waals surface area contributed by atoms with E-state index in [4.69, 9.17) is 5.11 Å². The summed E-state index contributed by atoms with van der Waals surface area (Å²) in [4.78, 5) is 25.2. The normalized spacial score (nSPS) is 31.6. The highest BCUT2D eigenvalue weighted by atomic mass is 16.4. The maximum atomic E-state index is 12.4. The zero-order chi connectivity index (χ0) is 13.1. The van der Waals surface area contributed by atoms with Gasteiger partial charge in [0.15, 0.2) is 0 Å². The van der Waals surface area contributed by atoms with Gasteiger partial charge in [0.25, 0.3) is 0 Å². The number of aliphatic hydroxyl groups excluding tert-OH is 1. The molecule has 0 radical (unpaired) electrons. The van der Waals surface area contributed by atoms with E-state index in [9.17, 15) is 14.7 Å². The van der Waals surface area contributed by atoms with Crippen molar-refractivity contribution in [1.29, 1.82) is 0 Å². The number of carbonyl (C=O) groups is 2. The molecule has 1 amide bonds. The Morgan fingerprint density at radius 2 is 1.89 bits per heavy atom. The van der Waals surface area contributed by atoms with Crippen LogP contribution in [0.3, 0.4) is 0 Å². The van der Waals surface area contributed by atoms with E-state index < -0.39 is 17.8 Å². The Bertz CT molecular complexity index is 366. The maximum absolute atomic E-state index is 12.4. The molecule has 1 saturated heterocycles. The van der Waals surface area contributed by atoms with Crippen LogP contribution in [0, 0.1) is 11.8 Å². The van der Waals surface area contributed by atoms with Crippen molar-refractivity contribution in [2.75, 3.05) is 13.2 Å². The third kappa shape index (κ3) is 2.41. The number of nitrogens with zero attached hydrogens (tertiary/aromatic N) is 1. The van der Waals surface area contributed by atoms with Crippen LogP contribution >= 0.6 is 0 Å². The van der Waals surface area contributed by atoms with E-state index in [2.05, 4.69) is 0 Å². The Hall–Kier alpha value is -1.36. The van der Waals surface area contributed by atoms with Gasteiger partial charge in [0.2, 0.25) is 5.91 Å². The zero-order valence-corrected chi connectivity index (χ0v) is 10.3. The molecule has 2 aliphatic rings. The lowest BCUT2D eigenvalue weighted by molar-refractivity contribution is -0.151. The fourth-order valence-electron chi connectivity index (χ4n) is 2.89. The molecule has 1 aliphatic carbocycles. The van der Waals surface area contributed by atoms with Crippen LogP contribution in [0.1, 0.15) is 25.7 Å². The molecule has 0 bridgehead atoms. The van der Waals surface area contributed by atoms with Crippen LogP contribution in [0.15, 0.2) is 12.2 Å². The number of rotatable bonds is 3. The Labute approximate surface area is 106 Å². The molecule has 1 fully saturated rings. The van der Waals surface area contributed by atoms with E-state index >= 15 is 0 Å². The van der Waals surface area contributed by atoms with Crippen LogP contribution in [-0.4, -0.2) is 46.2 Å². The smallest absolute Gasteiger partial charge is 0.307 e. The van der Waals surface area contributed by atoms with Gasteiger partial charge >= 0.3 is 5.97 Å². The summed E-state index contributed by atoms with van der Waals surface area (Å²) in [5.41, 5.74) is 0. The van der Waals surface area contributed by atoms with Gasteiger partial charge in [-0.3, -0.25) is 9.59 Å². The van der Waals surface area contributed by atoms with Crippen molar-refractivity contribution in [1.82, 2.24) is 4.90 Å². The third-order valence-electron chi connectivity index (χ3n) is 3.94. The first kappa shape index (κ1) is 13.1. The average Bonchev–Trinajstić information content (AvgIpc) is 2.86. The van der Waals surface area contributed by atoms with Gasteiger partial charge in [-0.05, 0) is 25.7 Å². The monoisotopic (exact) mass is 253 g/mol. The van der Waals surface area contributed by atoms with E-state index in [0.29, 0.717) is 19.4 Å². The first-order valence-electron chi connectivity index (χ1n) is 6.44. The number of amides is 1. The highest BCUT2D eigenvalue weighted by Gasteiger charge is 2.39. The molecule has 0 aromatic carbocycles. The number of aliphatic carboxylic acids is 1. The third-order valence-corrected chi connectivity index (χ3v) is 3.94. The van der Waals surface area contributed by atoms with Gasteiger partial charge in [-0.1, -0.05) is 12.2 Å². The summed E-state index contributed by atoms with van der Waals surface area (Å²) in [6, 6.07) is -0.127. The van der Waals surface area contributed by atoms with Gasteiger partial charge in [0, 0.05) is 6.54 Å². The van der Waals surface area contributed by atoms with Gasteiger partial charge in [-0.15, -0.1) is 0 Å². The fourth-order valence-corrected chi connectivity index (χ4v) is 2.89. The summed E-state index contributed by atoms with van der Waals surface area (Å²) < 4.78 is 0. The number of carboxylic acid groups (broad SMARTS) is 1. The van der Waals surface area contributed by atoms with Crippen LogP contribution in [0.2, 0.25) is 0 Å². The molecule has 1 heterocycles. The minimum atomic E-state index is -0.905. The molecule has 5 heteroatoms. The standard InChI is InChI=1S/C13H19NO4/c15-8-9-4-3-7-14(9)12(16)10-5-1-2-6-11(10)13(17)18/h1-2,9-11,15H,3-8H2,(H,17,18)/t9-,10+,11-/m0/s1. The molecule has 3 atom stereocenters. The molecule has 0 aromatic heterocycles. The molecular formula is C13H19NO4. The Balaban J connectivity index is 2.11. The minimum Gasteiger partial charge on any atom is -0.481 e. The second-order valence-electron chi connectivity index (χ2n) is 5.00. The summed E-state index contributed by atoms with van der Waals surface area (Å²) in [5, 5.41) is 18.4. The SMILES string of the molecule is O=C(O)[C@H]1CC=CC[C@H]1C(=O)N1CCC[C@H]1CO. The molecule has 0 saturated carbocycles. The molecule has 100 valence electrons. The van der Waals surface area contributed by atoms with Crippen molar-refractivity contribution in [2.45, 2.75) is 31.7 Å². The average molecular weight is 253 g/mol. The molecule has 2 rings (SSSR count). The molecular weight excluding hydrogens is 234 g/mol. The zero-order valence-electron chi connectivity index (χ0n) is 10.3. The Morgan fingerprint density at radius 1 is 1.22 bits per heavy atom. The van der Waals surface area contributed by atoms with Crippen LogP contribution in [-0.2, 0) is 9.59 Å². The highest BCUT2D eigenvalue weighted by molar-refractivity contribution is 5.85. The Morgan fingerprint density at radius 3 is 2.50 bits per heavy atom. The number of aliphatic hydroxyl groups is 1. The quantitative estimate of drug-likeness (QED) is 0.723. The first-order chi connectivity index (χ1) is 8.65. The summed E-state index contributed by atoms with van der Waals surface area (Å²) in [6.07, 6.45) is 6.32. The van der Waals surface area contributed by atoms with E-state index in [1.807, 2.05) is 12.2 Å². The van der Waals surface area contributed by atoms with E-state index in [-0.39, 0.29) is 18.6 Å². The van der Waals surface area contributed by atoms with Crippen molar-refractivity contribution in [2.24, 2.45) is 11.8 Å². The predicted molar refractivity (Wildman–Crippen MR) is 64.8 cm³/mol. The molecule has 5 nitrogen and oxygen atoms in total. The van der Waals surface area contributed by atoms with Crippen molar-refractivity contribution < 1.29 is 19.8 Å². The lowest BCUT2D eigenvalue weighted by Crippen LogP contribution is -2.45. The van der Waals surface area contributed by atoms with Gasteiger partial charge in [-0.25, -0.2) is 0 Å². The molecule has 0 aromatic rings. The van der Waals surface area contributed by atoms with Crippen LogP contribution in [0.25, 0.3) is 0 Å².